The molecule has 31 heavy (non-hydrogen) atoms. The number of nitrogens with zero attached hydrogens (tertiary/aromatic N) is 1. The second-order valence-electron chi connectivity index (χ2n) is 7.74. The molecule has 1 aliphatic rings. The van der Waals surface area contributed by atoms with Gasteiger partial charge in [-0.2, -0.15) is 0 Å². The highest BCUT2D eigenvalue weighted by Crippen LogP contribution is 2.17. The largest absolute Gasteiger partial charge is 0.497 e. The summed E-state index contributed by atoms with van der Waals surface area (Å²) in [4.78, 5) is 28.8. The number of benzene rings is 1. The highest BCUT2D eigenvalue weighted by atomic mass is 16.7. The van der Waals surface area contributed by atoms with Crippen molar-refractivity contribution in [3.63, 3.8) is 0 Å². The summed E-state index contributed by atoms with van der Waals surface area (Å²) in [6.07, 6.45) is 11.5. The third kappa shape index (κ3) is 11.4. The van der Waals surface area contributed by atoms with E-state index >= 15 is 0 Å². The summed E-state index contributed by atoms with van der Waals surface area (Å²) in [6.45, 7) is 0.146. The van der Waals surface area contributed by atoms with Crippen molar-refractivity contribution in [1.29, 1.82) is 0 Å². The van der Waals surface area contributed by atoms with Crippen molar-refractivity contribution in [2.45, 2.75) is 77.0 Å². The van der Waals surface area contributed by atoms with Crippen LogP contribution in [-0.2, 0) is 19.2 Å². The summed E-state index contributed by atoms with van der Waals surface area (Å²) in [7, 11) is 1.59. The summed E-state index contributed by atoms with van der Waals surface area (Å²) in [5.74, 6) is 0.582. The average Bonchev–Trinajstić information content (AvgIpc) is 2.79. The molecule has 0 saturated carbocycles. The first-order valence-corrected chi connectivity index (χ1v) is 11.4. The van der Waals surface area contributed by atoms with Crippen molar-refractivity contribution < 1.29 is 28.6 Å². The van der Waals surface area contributed by atoms with E-state index in [1.54, 1.807) is 31.4 Å². The Morgan fingerprint density at radius 1 is 0.871 bits per heavy atom. The first kappa shape index (κ1) is 24.7. The Morgan fingerprint density at radius 3 is 2.13 bits per heavy atom. The molecule has 0 atom stereocenters. The number of esters is 1. The van der Waals surface area contributed by atoms with Crippen molar-refractivity contribution >= 4 is 17.7 Å². The Hall–Kier alpha value is -2.57. The molecule has 1 fully saturated rings. The third-order valence-electron chi connectivity index (χ3n) is 5.16. The zero-order chi connectivity index (χ0) is 22.2. The van der Waals surface area contributed by atoms with Gasteiger partial charge in [0, 0.05) is 6.42 Å². The number of oxime groups is 1. The van der Waals surface area contributed by atoms with Gasteiger partial charge in [-0.05, 0) is 56.4 Å². The minimum Gasteiger partial charge on any atom is -0.497 e. The van der Waals surface area contributed by atoms with Crippen molar-refractivity contribution in [3.8, 4) is 11.5 Å². The lowest BCUT2D eigenvalue weighted by Crippen LogP contribution is -2.14. The summed E-state index contributed by atoms with van der Waals surface area (Å²) in [5.41, 5.74) is 0.820. The Labute approximate surface area is 185 Å². The van der Waals surface area contributed by atoms with E-state index in [-0.39, 0.29) is 12.6 Å². The van der Waals surface area contributed by atoms with Gasteiger partial charge in [-0.3, -0.25) is 4.79 Å². The number of rotatable bonds is 5. The maximum absolute atomic E-state index is 12.0. The molecule has 7 heteroatoms. The minimum atomic E-state index is -0.554. The quantitative estimate of drug-likeness (QED) is 0.360. The van der Waals surface area contributed by atoms with E-state index < -0.39 is 5.97 Å². The highest BCUT2D eigenvalue weighted by Gasteiger charge is 2.09. The van der Waals surface area contributed by atoms with Crippen LogP contribution in [0.5, 0.6) is 11.5 Å². The number of carbonyl (C=O) groups excluding carboxylic acids is 2. The van der Waals surface area contributed by atoms with Gasteiger partial charge in [0.1, 0.15) is 11.5 Å². The first-order chi connectivity index (χ1) is 15.2. The summed E-state index contributed by atoms with van der Waals surface area (Å²) < 4.78 is 15.8. The second-order valence-corrected chi connectivity index (χ2v) is 7.74. The lowest BCUT2D eigenvalue weighted by atomic mass is 10.0. The molecule has 0 aromatic heterocycles. The van der Waals surface area contributed by atoms with Crippen LogP contribution in [0.2, 0.25) is 0 Å². The van der Waals surface area contributed by atoms with Crippen molar-refractivity contribution in [2.24, 2.45) is 5.16 Å². The van der Waals surface area contributed by atoms with E-state index in [1.807, 2.05) is 0 Å². The molecular weight excluding hydrogens is 398 g/mol. The van der Waals surface area contributed by atoms with Gasteiger partial charge in [-0.1, -0.05) is 43.7 Å². The van der Waals surface area contributed by atoms with E-state index in [4.69, 9.17) is 19.0 Å². The standard InChI is InChI=1S/C24H35NO6/c1-28-21-14-16-22(17-15-21)30-19-24(27)31-25-20-11-8-6-4-2-3-5-7-9-13-23(26)29-18-10-12-20/h14-17H,2-13,18-19H2,1H3/b25-20-. The molecule has 0 spiro atoms. The fourth-order valence-electron chi connectivity index (χ4n) is 3.37. The molecule has 1 aliphatic heterocycles. The SMILES string of the molecule is COc1ccc(OCC(=O)O/N=C2/CCCCCCCCCCC(=O)OCCC2)cc1. The highest BCUT2D eigenvalue weighted by molar-refractivity contribution is 5.85. The van der Waals surface area contributed by atoms with Crippen LogP contribution >= 0.6 is 0 Å². The number of ether oxygens (including phenoxy) is 3. The fraction of sp³-hybridized carbons (Fsp3) is 0.625. The molecule has 0 N–H and O–H groups in total. The van der Waals surface area contributed by atoms with Gasteiger partial charge in [0.15, 0.2) is 6.61 Å². The topological polar surface area (TPSA) is 83.4 Å². The first-order valence-electron chi connectivity index (χ1n) is 11.4. The molecule has 0 unspecified atom stereocenters. The molecule has 0 amide bonds. The van der Waals surface area contributed by atoms with Gasteiger partial charge >= 0.3 is 11.9 Å². The van der Waals surface area contributed by atoms with Gasteiger partial charge in [0.05, 0.1) is 19.4 Å². The van der Waals surface area contributed by atoms with E-state index in [0.717, 1.165) is 37.8 Å². The predicted molar refractivity (Wildman–Crippen MR) is 118 cm³/mol. The van der Waals surface area contributed by atoms with Crippen LogP contribution in [0.25, 0.3) is 0 Å². The molecule has 1 aromatic rings. The molecule has 1 aromatic carbocycles. The van der Waals surface area contributed by atoms with Crippen LogP contribution in [-0.4, -0.2) is 38.0 Å². The van der Waals surface area contributed by atoms with E-state index in [9.17, 15) is 9.59 Å². The number of hydrogen-bond acceptors (Lipinski definition) is 7. The molecule has 172 valence electrons. The average molecular weight is 434 g/mol. The lowest BCUT2D eigenvalue weighted by Gasteiger charge is -2.09. The maximum Gasteiger partial charge on any atom is 0.372 e. The monoisotopic (exact) mass is 433 g/mol. The second kappa shape index (κ2) is 15.3. The minimum absolute atomic E-state index is 0.132. The third-order valence-corrected chi connectivity index (χ3v) is 5.16. The van der Waals surface area contributed by atoms with Gasteiger partial charge in [0.25, 0.3) is 0 Å². The fourth-order valence-corrected chi connectivity index (χ4v) is 3.37. The Kier molecular flexibility index (Phi) is 12.2. The lowest BCUT2D eigenvalue weighted by molar-refractivity contribution is -0.146. The zero-order valence-electron chi connectivity index (χ0n) is 18.6. The summed E-state index contributed by atoms with van der Waals surface area (Å²) in [6, 6.07) is 6.96. The summed E-state index contributed by atoms with van der Waals surface area (Å²) >= 11 is 0. The van der Waals surface area contributed by atoms with Crippen LogP contribution < -0.4 is 9.47 Å². The molecule has 2 rings (SSSR count). The Bertz CT molecular complexity index is 686. The molecule has 7 nitrogen and oxygen atoms in total. The van der Waals surface area contributed by atoms with Crippen LogP contribution in [0.4, 0.5) is 0 Å². The zero-order valence-corrected chi connectivity index (χ0v) is 18.6. The Morgan fingerprint density at radius 2 is 1.45 bits per heavy atom. The Balaban J connectivity index is 1.79. The summed E-state index contributed by atoms with van der Waals surface area (Å²) in [5, 5.41) is 4.07. The van der Waals surface area contributed by atoms with Crippen LogP contribution in [0.15, 0.2) is 29.4 Å². The number of cyclic esters (lactones) is 1. The van der Waals surface area contributed by atoms with E-state index in [2.05, 4.69) is 5.16 Å². The molecule has 0 bridgehead atoms. The maximum atomic E-state index is 12.0. The van der Waals surface area contributed by atoms with E-state index in [0.29, 0.717) is 37.4 Å². The number of carbonyl (C=O) groups is 2. The van der Waals surface area contributed by atoms with Crippen molar-refractivity contribution in [3.05, 3.63) is 24.3 Å². The van der Waals surface area contributed by atoms with Crippen LogP contribution in [0.3, 0.4) is 0 Å². The van der Waals surface area contributed by atoms with E-state index in [1.165, 1.54) is 25.7 Å². The molecule has 0 radical (unpaired) electrons. The van der Waals surface area contributed by atoms with Crippen molar-refractivity contribution in [1.82, 2.24) is 0 Å². The van der Waals surface area contributed by atoms with Crippen LogP contribution in [0, 0.1) is 0 Å². The van der Waals surface area contributed by atoms with Gasteiger partial charge in [-0.15, -0.1) is 0 Å². The molecule has 1 heterocycles. The normalized spacial score (nSPS) is 18.7. The van der Waals surface area contributed by atoms with Gasteiger partial charge in [0.2, 0.25) is 0 Å². The smallest absolute Gasteiger partial charge is 0.372 e. The van der Waals surface area contributed by atoms with Gasteiger partial charge in [-0.25, -0.2) is 4.79 Å². The number of methoxy groups -OCH3 is 1. The van der Waals surface area contributed by atoms with Crippen LogP contribution in [0.1, 0.15) is 77.0 Å². The van der Waals surface area contributed by atoms with Crippen molar-refractivity contribution in [2.75, 3.05) is 20.3 Å². The molecule has 0 aliphatic carbocycles. The number of hydrogen-bond donors (Lipinski definition) is 0. The predicted octanol–water partition coefficient (Wildman–Crippen LogP) is 5.21. The molecular formula is C24H35NO6. The van der Waals surface area contributed by atoms with Gasteiger partial charge < -0.3 is 19.0 Å². The molecule has 1 saturated heterocycles.